The molecule has 0 aliphatic heterocycles. The van der Waals surface area contributed by atoms with Gasteiger partial charge in [-0.2, -0.15) is 0 Å². The number of fused-ring (bicyclic) bond motifs is 1. The van der Waals surface area contributed by atoms with Gasteiger partial charge in [0.2, 0.25) is 0 Å². The van der Waals surface area contributed by atoms with Gasteiger partial charge < -0.3 is 15.0 Å². The minimum Gasteiger partial charge on any atom is -0.497 e. The van der Waals surface area contributed by atoms with E-state index in [2.05, 4.69) is 39.3 Å². The Morgan fingerprint density at radius 2 is 1.96 bits per heavy atom. The van der Waals surface area contributed by atoms with Crippen LogP contribution in [0.3, 0.4) is 0 Å². The van der Waals surface area contributed by atoms with Crippen molar-refractivity contribution in [2.75, 3.05) is 12.8 Å². The highest BCUT2D eigenvalue weighted by Gasteiger charge is 2.13. The molecule has 0 saturated carbocycles. The van der Waals surface area contributed by atoms with E-state index in [-0.39, 0.29) is 0 Å². The number of rotatable bonds is 2. The van der Waals surface area contributed by atoms with E-state index in [0.717, 1.165) is 38.9 Å². The van der Waals surface area contributed by atoms with Gasteiger partial charge in [0.1, 0.15) is 11.4 Å². The molecule has 3 rings (SSSR count). The molecule has 0 saturated heterocycles. The predicted molar refractivity (Wildman–Crippen MR) is 98.7 cm³/mol. The normalized spacial score (nSPS) is 10.4. The van der Waals surface area contributed by atoms with Gasteiger partial charge in [0.15, 0.2) is 0 Å². The van der Waals surface area contributed by atoms with Gasteiger partial charge in [-0.1, -0.05) is 18.1 Å². The summed E-state index contributed by atoms with van der Waals surface area (Å²) in [5, 5.41) is 1.00. The van der Waals surface area contributed by atoms with Crippen LogP contribution in [0.4, 0.5) is 5.69 Å². The SMILES string of the molecule is CCn1c(C#Cc2ccccc2Br)c(N)c2ccc(OC)cc21. The lowest BCUT2D eigenvalue weighted by molar-refractivity contribution is 0.415. The zero-order valence-electron chi connectivity index (χ0n) is 13.1. The summed E-state index contributed by atoms with van der Waals surface area (Å²) in [7, 11) is 1.66. The Hall–Kier alpha value is -2.38. The van der Waals surface area contributed by atoms with Crippen LogP contribution in [-0.4, -0.2) is 11.7 Å². The summed E-state index contributed by atoms with van der Waals surface area (Å²) in [6, 6.07) is 13.8. The summed E-state index contributed by atoms with van der Waals surface area (Å²) in [6.45, 7) is 2.88. The van der Waals surface area contributed by atoms with Crippen molar-refractivity contribution in [3.05, 3.63) is 58.2 Å². The van der Waals surface area contributed by atoms with Crippen LogP contribution in [0.1, 0.15) is 18.2 Å². The number of halogens is 1. The number of ether oxygens (including phenoxy) is 1. The van der Waals surface area contributed by atoms with Gasteiger partial charge in [-0.15, -0.1) is 0 Å². The van der Waals surface area contributed by atoms with Crippen LogP contribution in [0, 0.1) is 11.8 Å². The molecule has 0 atom stereocenters. The van der Waals surface area contributed by atoms with E-state index >= 15 is 0 Å². The first-order valence-corrected chi connectivity index (χ1v) is 8.17. The summed E-state index contributed by atoms with van der Waals surface area (Å²) in [5.74, 6) is 7.25. The molecule has 0 radical (unpaired) electrons. The molecule has 1 aromatic heterocycles. The van der Waals surface area contributed by atoms with Gasteiger partial charge in [0.25, 0.3) is 0 Å². The lowest BCUT2D eigenvalue weighted by atomic mass is 10.2. The van der Waals surface area contributed by atoms with Crippen LogP contribution in [0.2, 0.25) is 0 Å². The second-order valence-electron chi connectivity index (χ2n) is 5.12. The topological polar surface area (TPSA) is 40.2 Å². The first-order chi connectivity index (χ1) is 11.2. The maximum Gasteiger partial charge on any atom is 0.120 e. The number of aryl methyl sites for hydroxylation is 1. The van der Waals surface area contributed by atoms with Crippen LogP contribution in [0.5, 0.6) is 5.75 Å². The van der Waals surface area contributed by atoms with Gasteiger partial charge >= 0.3 is 0 Å². The molecule has 3 nitrogen and oxygen atoms in total. The van der Waals surface area contributed by atoms with Crippen molar-refractivity contribution in [3.8, 4) is 17.6 Å². The summed E-state index contributed by atoms with van der Waals surface area (Å²) in [5.41, 5.74) is 9.87. The summed E-state index contributed by atoms with van der Waals surface area (Å²) >= 11 is 3.52. The minimum absolute atomic E-state index is 0.712. The van der Waals surface area contributed by atoms with Crippen molar-refractivity contribution in [2.24, 2.45) is 0 Å². The molecule has 0 aliphatic rings. The molecule has 116 valence electrons. The van der Waals surface area contributed by atoms with E-state index in [0.29, 0.717) is 5.69 Å². The second-order valence-corrected chi connectivity index (χ2v) is 5.97. The smallest absolute Gasteiger partial charge is 0.120 e. The molecule has 1 heterocycles. The third kappa shape index (κ3) is 2.80. The number of methoxy groups -OCH3 is 1. The Morgan fingerprint density at radius 3 is 2.65 bits per heavy atom. The number of benzene rings is 2. The maximum absolute atomic E-state index is 6.33. The van der Waals surface area contributed by atoms with Crippen molar-refractivity contribution in [2.45, 2.75) is 13.5 Å². The molecule has 3 aromatic rings. The van der Waals surface area contributed by atoms with Crippen molar-refractivity contribution < 1.29 is 4.74 Å². The average molecular weight is 369 g/mol. The molecule has 0 amide bonds. The van der Waals surface area contributed by atoms with Crippen molar-refractivity contribution in [1.29, 1.82) is 0 Å². The largest absolute Gasteiger partial charge is 0.497 e. The van der Waals surface area contributed by atoms with Crippen molar-refractivity contribution in [3.63, 3.8) is 0 Å². The van der Waals surface area contributed by atoms with Crippen LogP contribution < -0.4 is 10.5 Å². The Morgan fingerprint density at radius 1 is 1.17 bits per heavy atom. The number of nitrogen functional groups attached to an aromatic ring is 1. The number of hydrogen-bond donors (Lipinski definition) is 1. The molecule has 4 heteroatoms. The summed E-state index contributed by atoms with van der Waals surface area (Å²) in [4.78, 5) is 0. The molecule has 0 unspecified atom stereocenters. The standard InChI is InChI=1S/C19H17BrN2O/c1-3-22-17(11-8-13-6-4-5-7-16(13)20)19(21)15-10-9-14(23-2)12-18(15)22/h4-7,9-10,12H,3,21H2,1-2H3. The van der Waals surface area contributed by atoms with E-state index < -0.39 is 0 Å². The van der Waals surface area contributed by atoms with E-state index in [4.69, 9.17) is 10.5 Å². The Bertz CT molecular complexity index is 932. The monoisotopic (exact) mass is 368 g/mol. The number of aromatic nitrogens is 1. The second kappa shape index (κ2) is 6.39. The van der Waals surface area contributed by atoms with Crippen molar-refractivity contribution >= 4 is 32.5 Å². The number of nitrogens with zero attached hydrogens (tertiary/aromatic N) is 1. The minimum atomic E-state index is 0.712. The fourth-order valence-corrected chi connectivity index (χ4v) is 3.02. The molecular formula is C19H17BrN2O. The molecule has 0 spiro atoms. The summed E-state index contributed by atoms with van der Waals surface area (Å²) < 4.78 is 8.42. The van der Waals surface area contributed by atoms with Crippen LogP contribution in [0.25, 0.3) is 10.9 Å². The highest BCUT2D eigenvalue weighted by atomic mass is 79.9. The molecule has 0 fully saturated rings. The molecule has 23 heavy (non-hydrogen) atoms. The number of hydrogen-bond acceptors (Lipinski definition) is 2. The maximum atomic E-state index is 6.33. The van der Waals surface area contributed by atoms with Gasteiger partial charge in [-0.25, -0.2) is 0 Å². The van der Waals surface area contributed by atoms with Crippen LogP contribution in [-0.2, 0) is 6.54 Å². The quantitative estimate of drug-likeness (QED) is 0.680. The zero-order valence-corrected chi connectivity index (χ0v) is 14.6. The Balaban J connectivity index is 2.18. The van der Waals surface area contributed by atoms with Gasteiger partial charge in [0.05, 0.1) is 18.3 Å². The molecule has 0 aliphatic carbocycles. The fourth-order valence-electron chi connectivity index (χ4n) is 2.64. The van der Waals surface area contributed by atoms with Gasteiger partial charge in [0, 0.05) is 28.0 Å². The number of nitrogens with two attached hydrogens (primary N) is 1. The highest BCUT2D eigenvalue weighted by Crippen LogP contribution is 2.31. The van der Waals surface area contributed by atoms with E-state index in [1.807, 2.05) is 42.5 Å². The molecule has 2 N–H and O–H groups in total. The molecule has 2 aromatic carbocycles. The first kappa shape index (κ1) is 15.5. The highest BCUT2D eigenvalue weighted by molar-refractivity contribution is 9.10. The summed E-state index contributed by atoms with van der Waals surface area (Å²) in [6.07, 6.45) is 0. The lowest BCUT2D eigenvalue weighted by Gasteiger charge is -2.04. The van der Waals surface area contributed by atoms with Gasteiger partial charge in [-0.3, -0.25) is 0 Å². The Kier molecular flexibility index (Phi) is 4.31. The molecule has 0 bridgehead atoms. The van der Waals surface area contributed by atoms with Crippen LogP contribution in [0.15, 0.2) is 46.9 Å². The fraction of sp³-hybridized carbons (Fsp3) is 0.158. The zero-order chi connectivity index (χ0) is 16.4. The van der Waals surface area contributed by atoms with E-state index in [1.165, 1.54) is 0 Å². The predicted octanol–water partition coefficient (Wildman–Crippen LogP) is 4.41. The lowest BCUT2D eigenvalue weighted by Crippen LogP contribution is -1.99. The van der Waals surface area contributed by atoms with Gasteiger partial charge in [-0.05, 0) is 53.0 Å². The first-order valence-electron chi connectivity index (χ1n) is 7.38. The average Bonchev–Trinajstić information content (AvgIpc) is 2.85. The van der Waals surface area contributed by atoms with E-state index in [9.17, 15) is 0 Å². The third-order valence-electron chi connectivity index (χ3n) is 3.82. The molecular weight excluding hydrogens is 352 g/mol. The van der Waals surface area contributed by atoms with Crippen LogP contribution >= 0.6 is 15.9 Å². The number of anilines is 1. The third-order valence-corrected chi connectivity index (χ3v) is 4.51. The van der Waals surface area contributed by atoms with Crippen molar-refractivity contribution in [1.82, 2.24) is 4.57 Å². The Labute approximate surface area is 144 Å². The van der Waals surface area contributed by atoms with E-state index in [1.54, 1.807) is 7.11 Å².